The molecule has 0 fully saturated rings. The Hall–Kier alpha value is -2.16. The van der Waals surface area contributed by atoms with Gasteiger partial charge < -0.3 is 15.4 Å². The number of ether oxygens (including phenoxy) is 1. The van der Waals surface area contributed by atoms with Crippen LogP contribution in [-0.2, 0) is 16.6 Å². The van der Waals surface area contributed by atoms with E-state index in [-0.39, 0.29) is 17.4 Å². The summed E-state index contributed by atoms with van der Waals surface area (Å²) in [5.74, 6) is -0.0582. The largest absolute Gasteiger partial charge is 0.383 e. The van der Waals surface area contributed by atoms with E-state index >= 15 is 0 Å². The summed E-state index contributed by atoms with van der Waals surface area (Å²) in [6, 6.07) is -0.625. The molecule has 0 bridgehead atoms. The van der Waals surface area contributed by atoms with E-state index < -0.39 is 11.0 Å². The Morgan fingerprint density at radius 3 is 2.80 bits per heavy atom. The third-order valence-corrected chi connectivity index (χ3v) is 2.73. The number of hydrogen-bond donors (Lipinski definition) is 2. The van der Waals surface area contributed by atoms with Crippen molar-refractivity contribution in [1.82, 2.24) is 15.1 Å². The van der Waals surface area contributed by atoms with Crippen molar-refractivity contribution in [2.45, 2.75) is 19.9 Å². The molecule has 1 rings (SSSR count). The first-order valence-corrected chi connectivity index (χ1v) is 6.09. The van der Waals surface area contributed by atoms with Crippen LogP contribution in [0, 0.1) is 17.0 Å². The molecule has 0 aliphatic rings. The van der Waals surface area contributed by atoms with Crippen LogP contribution in [0.2, 0.25) is 0 Å². The van der Waals surface area contributed by atoms with E-state index in [2.05, 4.69) is 15.7 Å². The van der Waals surface area contributed by atoms with Crippen molar-refractivity contribution in [2.24, 2.45) is 7.05 Å². The molecule has 20 heavy (non-hydrogen) atoms. The standard InChI is InChI=1S/C11H19N5O4/c1-7-9(16(18)19)10(15(3)14-7)13-8(2)11(17)12-5-6-20-4/h8,13H,5-6H2,1-4H3,(H,12,17). The van der Waals surface area contributed by atoms with Gasteiger partial charge in [-0.3, -0.25) is 14.9 Å². The van der Waals surface area contributed by atoms with Crippen LogP contribution in [0.4, 0.5) is 11.5 Å². The summed E-state index contributed by atoms with van der Waals surface area (Å²) < 4.78 is 6.18. The highest BCUT2D eigenvalue weighted by Crippen LogP contribution is 2.27. The third kappa shape index (κ3) is 3.67. The molecule has 0 saturated heterocycles. The van der Waals surface area contributed by atoms with Crippen LogP contribution in [0.25, 0.3) is 0 Å². The molecule has 0 radical (unpaired) electrons. The van der Waals surface area contributed by atoms with Crippen LogP contribution in [0.15, 0.2) is 0 Å². The Labute approximate surface area is 116 Å². The van der Waals surface area contributed by atoms with Crippen molar-refractivity contribution in [3.05, 3.63) is 15.8 Å². The molecule has 0 aliphatic heterocycles. The van der Waals surface area contributed by atoms with E-state index in [9.17, 15) is 14.9 Å². The molecule has 0 spiro atoms. The molecule has 1 amide bonds. The number of amides is 1. The topological polar surface area (TPSA) is 111 Å². The number of carbonyl (C=O) groups excluding carboxylic acids is 1. The van der Waals surface area contributed by atoms with Crippen molar-refractivity contribution in [1.29, 1.82) is 0 Å². The lowest BCUT2D eigenvalue weighted by Gasteiger charge is -2.14. The molecule has 2 N–H and O–H groups in total. The number of nitrogens with zero attached hydrogens (tertiary/aromatic N) is 3. The second kappa shape index (κ2) is 6.85. The van der Waals surface area contributed by atoms with E-state index in [0.29, 0.717) is 18.8 Å². The molecule has 112 valence electrons. The van der Waals surface area contributed by atoms with Gasteiger partial charge in [-0.05, 0) is 13.8 Å². The summed E-state index contributed by atoms with van der Waals surface area (Å²) in [5, 5.41) is 20.5. The predicted molar refractivity (Wildman–Crippen MR) is 72.6 cm³/mol. The summed E-state index contributed by atoms with van der Waals surface area (Å²) in [4.78, 5) is 22.3. The summed E-state index contributed by atoms with van der Waals surface area (Å²) >= 11 is 0. The highest BCUT2D eigenvalue weighted by atomic mass is 16.6. The van der Waals surface area contributed by atoms with Crippen molar-refractivity contribution in [3.63, 3.8) is 0 Å². The molecule has 1 atom stereocenters. The van der Waals surface area contributed by atoms with Crippen LogP contribution in [0.3, 0.4) is 0 Å². The summed E-state index contributed by atoms with van der Waals surface area (Å²) in [7, 11) is 3.12. The number of carbonyl (C=O) groups is 1. The van der Waals surface area contributed by atoms with Gasteiger partial charge in [0.2, 0.25) is 11.7 Å². The highest BCUT2D eigenvalue weighted by molar-refractivity contribution is 5.84. The van der Waals surface area contributed by atoms with Crippen LogP contribution in [0.1, 0.15) is 12.6 Å². The van der Waals surface area contributed by atoms with E-state index in [1.807, 2.05) is 0 Å². The van der Waals surface area contributed by atoms with E-state index in [1.165, 1.54) is 11.8 Å². The van der Waals surface area contributed by atoms with Crippen molar-refractivity contribution >= 4 is 17.4 Å². The lowest BCUT2D eigenvalue weighted by atomic mass is 10.3. The second-order valence-electron chi connectivity index (χ2n) is 4.31. The molecule has 1 aromatic heterocycles. The van der Waals surface area contributed by atoms with Crippen LogP contribution < -0.4 is 10.6 Å². The minimum absolute atomic E-state index is 0.121. The second-order valence-corrected chi connectivity index (χ2v) is 4.31. The zero-order chi connectivity index (χ0) is 15.3. The van der Waals surface area contributed by atoms with Gasteiger partial charge in [-0.25, -0.2) is 4.68 Å². The van der Waals surface area contributed by atoms with Crippen molar-refractivity contribution in [3.8, 4) is 0 Å². The molecule has 1 unspecified atom stereocenters. The molecule has 9 heteroatoms. The van der Waals surface area contributed by atoms with Crippen LogP contribution in [0.5, 0.6) is 0 Å². The maximum atomic E-state index is 11.8. The Morgan fingerprint density at radius 2 is 2.25 bits per heavy atom. The number of anilines is 1. The first-order valence-electron chi connectivity index (χ1n) is 6.09. The fraction of sp³-hybridized carbons (Fsp3) is 0.636. The molecule has 9 nitrogen and oxygen atoms in total. The fourth-order valence-electron chi connectivity index (χ4n) is 1.73. The Bertz CT molecular complexity index is 499. The van der Waals surface area contributed by atoms with E-state index in [1.54, 1.807) is 20.9 Å². The van der Waals surface area contributed by atoms with E-state index in [4.69, 9.17) is 4.74 Å². The smallest absolute Gasteiger partial charge is 0.333 e. The maximum Gasteiger partial charge on any atom is 0.333 e. The highest BCUT2D eigenvalue weighted by Gasteiger charge is 2.26. The van der Waals surface area contributed by atoms with Gasteiger partial charge in [0.1, 0.15) is 11.7 Å². The summed E-state index contributed by atoms with van der Waals surface area (Å²) in [5.41, 5.74) is 0.177. The summed E-state index contributed by atoms with van der Waals surface area (Å²) in [6.45, 7) is 3.96. The SMILES string of the molecule is COCCNC(=O)C(C)Nc1c([N+](=O)[O-])c(C)nn1C. The lowest BCUT2D eigenvalue weighted by molar-refractivity contribution is -0.384. The normalized spacial score (nSPS) is 12.0. The fourth-order valence-corrected chi connectivity index (χ4v) is 1.73. The number of aryl methyl sites for hydroxylation is 2. The molecule has 0 aromatic carbocycles. The van der Waals surface area contributed by atoms with E-state index in [0.717, 1.165) is 0 Å². The van der Waals surface area contributed by atoms with Crippen molar-refractivity contribution < 1.29 is 14.5 Å². The number of aromatic nitrogens is 2. The average Bonchev–Trinajstić information content (AvgIpc) is 2.64. The molecule has 0 aliphatic carbocycles. The van der Waals surface area contributed by atoms with Gasteiger partial charge in [0.25, 0.3) is 0 Å². The average molecular weight is 285 g/mol. The molecular formula is C11H19N5O4. The zero-order valence-electron chi connectivity index (χ0n) is 12.0. The van der Waals surface area contributed by atoms with Gasteiger partial charge in [0.15, 0.2) is 0 Å². The van der Waals surface area contributed by atoms with Gasteiger partial charge in [-0.2, -0.15) is 5.10 Å². The van der Waals surface area contributed by atoms with Gasteiger partial charge in [0, 0.05) is 20.7 Å². The lowest BCUT2D eigenvalue weighted by Crippen LogP contribution is -2.39. The first kappa shape index (κ1) is 15.9. The number of hydrogen-bond acceptors (Lipinski definition) is 6. The number of nitro groups is 1. The van der Waals surface area contributed by atoms with Gasteiger partial charge in [0.05, 0.1) is 11.5 Å². The van der Waals surface area contributed by atoms with Gasteiger partial charge in [-0.1, -0.05) is 0 Å². The van der Waals surface area contributed by atoms with Crippen LogP contribution >= 0.6 is 0 Å². The minimum Gasteiger partial charge on any atom is -0.383 e. The molecule has 1 aromatic rings. The predicted octanol–water partition coefficient (Wildman–Crippen LogP) is 0.200. The zero-order valence-corrected chi connectivity index (χ0v) is 12.0. The Balaban J connectivity index is 2.77. The number of nitrogens with one attached hydrogen (secondary N) is 2. The van der Waals surface area contributed by atoms with Gasteiger partial charge >= 0.3 is 5.69 Å². The monoisotopic (exact) mass is 285 g/mol. The van der Waals surface area contributed by atoms with Gasteiger partial charge in [-0.15, -0.1) is 0 Å². The quantitative estimate of drug-likeness (QED) is 0.420. The third-order valence-electron chi connectivity index (χ3n) is 2.73. The number of methoxy groups -OCH3 is 1. The number of rotatable bonds is 7. The van der Waals surface area contributed by atoms with Crippen molar-refractivity contribution in [2.75, 3.05) is 25.6 Å². The molecule has 1 heterocycles. The Kier molecular flexibility index (Phi) is 5.44. The van der Waals surface area contributed by atoms with Crippen LogP contribution in [-0.4, -0.2) is 46.9 Å². The maximum absolute atomic E-state index is 11.8. The Morgan fingerprint density at radius 1 is 1.60 bits per heavy atom. The minimum atomic E-state index is -0.625. The summed E-state index contributed by atoms with van der Waals surface area (Å²) in [6.07, 6.45) is 0. The first-order chi connectivity index (χ1) is 9.38. The molecular weight excluding hydrogens is 266 g/mol. The molecule has 0 saturated carbocycles.